The smallest absolute Gasteiger partial charge is 0.227 e. The molecule has 220 valence electrons. The van der Waals surface area contributed by atoms with E-state index in [0.717, 1.165) is 62.4 Å². The van der Waals surface area contributed by atoms with Crippen molar-refractivity contribution < 1.29 is 9.47 Å². The summed E-state index contributed by atoms with van der Waals surface area (Å²) in [6.45, 7) is 11.1. The van der Waals surface area contributed by atoms with Crippen LogP contribution in [0.25, 0.3) is 11.0 Å². The van der Waals surface area contributed by atoms with Gasteiger partial charge in [0.2, 0.25) is 5.95 Å². The Morgan fingerprint density at radius 2 is 1.72 bits per heavy atom. The number of aryl methyl sites for hydroxylation is 1. The number of hydrogen-bond donors (Lipinski definition) is 1. The van der Waals surface area contributed by atoms with Gasteiger partial charge in [0.15, 0.2) is 0 Å². The Hall–Kier alpha value is -3.50. The lowest BCUT2D eigenvalue weighted by molar-refractivity contribution is -0.0327. The molecule has 0 unspecified atom stereocenters. The monoisotopic (exact) mass is 578 g/mol. The van der Waals surface area contributed by atoms with Crippen molar-refractivity contribution in [1.82, 2.24) is 24.8 Å². The van der Waals surface area contributed by atoms with Gasteiger partial charge in [-0.2, -0.15) is 10.2 Å². The summed E-state index contributed by atoms with van der Waals surface area (Å²) >= 11 is 0. The molecule has 4 radical (unpaired) electrons. The fourth-order valence-electron chi connectivity index (χ4n) is 6.33. The molecule has 2 aromatic heterocycles. The molecule has 3 saturated heterocycles. The van der Waals surface area contributed by atoms with Gasteiger partial charge in [0.05, 0.1) is 35.6 Å². The summed E-state index contributed by atoms with van der Waals surface area (Å²) in [6, 6.07) is 7.85. The van der Waals surface area contributed by atoms with Gasteiger partial charge in [0.25, 0.3) is 0 Å². The Balaban J connectivity index is 1.11. The Kier molecular flexibility index (Phi) is 8.42. The molecule has 0 aliphatic carbocycles. The maximum absolute atomic E-state index is 9.61. The van der Waals surface area contributed by atoms with Crippen molar-refractivity contribution in [3.05, 3.63) is 29.5 Å². The molecule has 1 aromatic carbocycles. The van der Waals surface area contributed by atoms with Crippen molar-refractivity contribution in [2.45, 2.75) is 38.2 Å². The summed E-state index contributed by atoms with van der Waals surface area (Å²) in [5.74, 6) is 1.65. The second-order valence-electron chi connectivity index (χ2n) is 11.7. The van der Waals surface area contributed by atoms with Crippen LogP contribution in [0.5, 0.6) is 0 Å². The minimum absolute atomic E-state index is 0.00316. The van der Waals surface area contributed by atoms with Crippen LogP contribution in [0.1, 0.15) is 18.2 Å². The first-order valence-corrected chi connectivity index (χ1v) is 14.7. The van der Waals surface area contributed by atoms with Gasteiger partial charge in [-0.05, 0) is 37.2 Å². The summed E-state index contributed by atoms with van der Waals surface area (Å²) in [6.07, 6.45) is 0.0127. The zero-order valence-corrected chi connectivity index (χ0v) is 25.0. The van der Waals surface area contributed by atoms with Crippen molar-refractivity contribution in [2.75, 3.05) is 80.7 Å². The number of morpholine rings is 1. The first-order valence-electron chi connectivity index (χ1n) is 14.7. The molecule has 6 rings (SSSR count). The van der Waals surface area contributed by atoms with Crippen molar-refractivity contribution in [1.29, 1.82) is 5.26 Å². The second-order valence-corrected chi connectivity index (χ2v) is 11.7. The van der Waals surface area contributed by atoms with Crippen molar-refractivity contribution in [3.63, 3.8) is 0 Å². The van der Waals surface area contributed by atoms with Crippen LogP contribution in [-0.2, 0) is 9.47 Å². The zero-order valence-electron chi connectivity index (χ0n) is 25.0. The van der Waals surface area contributed by atoms with E-state index in [4.69, 9.17) is 40.9 Å². The van der Waals surface area contributed by atoms with Gasteiger partial charge in [-0.1, -0.05) is 0 Å². The van der Waals surface area contributed by atoms with Crippen LogP contribution in [-0.4, -0.2) is 131 Å². The van der Waals surface area contributed by atoms with E-state index in [9.17, 15) is 5.26 Å². The second kappa shape index (κ2) is 12.2. The third kappa shape index (κ3) is 6.13. The van der Waals surface area contributed by atoms with Gasteiger partial charge in [0.1, 0.15) is 38.6 Å². The summed E-state index contributed by atoms with van der Waals surface area (Å²) in [4.78, 5) is 27.7. The molecule has 3 aliphatic rings. The summed E-state index contributed by atoms with van der Waals surface area (Å²) < 4.78 is 11.9. The van der Waals surface area contributed by atoms with Gasteiger partial charge in [-0.15, -0.1) is 0 Å². The van der Waals surface area contributed by atoms with Crippen LogP contribution in [0.2, 0.25) is 0 Å². The Morgan fingerprint density at radius 1 is 0.977 bits per heavy atom. The number of fused-ring (bicyclic) bond motifs is 1. The number of hydrogen-bond acceptors (Lipinski definition) is 12. The molecular weight excluding hydrogens is 542 g/mol. The predicted molar refractivity (Wildman–Crippen MR) is 168 cm³/mol. The molecule has 0 saturated carbocycles. The highest BCUT2D eigenvalue weighted by Crippen LogP contribution is 2.29. The average molecular weight is 578 g/mol. The number of aromatic nitrogens is 4. The number of nitrogens with zero attached hydrogens (tertiary/aromatic N) is 9. The normalized spacial score (nSPS) is 25.0. The molecule has 5 heterocycles. The number of ether oxygens (including phenoxy) is 2. The minimum Gasteiger partial charge on any atom is -0.378 e. The van der Waals surface area contributed by atoms with Gasteiger partial charge in [-0.3, -0.25) is 14.9 Å². The van der Waals surface area contributed by atoms with Gasteiger partial charge in [-0.25, -0.2) is 4.98 Å². The van der Waals surface area contributed by atoms with E-state index >= 15 is 0 Å². The van der Waals surface area contributed by atoms with Gasteiger partial charge < -0.3 is 29.9 Å². The molecule has 3 aliphatic heterocycles. The number of rotatable bonds is 6. The molecule has 2 N–H and O–H groups in total. The molecule has 3 fully saturated rings. The van der Waals surface area contributed by atoms with Crippen LogP contribution in [0, 0.1) is 18.3 Å². The lowest BCUT2D eigenvalue weighted by Crippen LogP contribution is -2.54. The minimum atomic E-state index is -0.0339. The van der Waals surface area contributed by atoms with Crippen molar-refractivity contribution >= 4 is 55.4 Å². The first kappa shape index (κ1) is 29.6. The largest absolute Gasteiger partial charge is 0.378 e. The molecule has 43 heavy (non-hydrogen) atoms. The number of methoxy groups -OCH3 is 1. The van der Waals surface area contributed by atoms with Crippen LogP contribution in [0.4, 0.5) is 17.5 Å². The van der Waals surface area contributed by atoms with Crippen LogP contribution < -0.4 is 31.6 Å². The Labute approximate surface area is 255 Å². The van der Waals surface area contributed by atoms with E-state index in [-0.39, 0.29) is 35.5 Å². The maximum Gasteiger partial charge on any atom is 0.227 e. The third-order valence-corrected chi connectivity index (χ3v) is 8.53. The van der Waals surface area contributed by atoms with Gasteiger partial charge >= 0.3 is 0 Å². The lowest BCUT2D eigenvalue weighted by Gasteiger charge is -2.42. The fourth-order valence-corrected chi connectivity index (χ4v) is 6.33. The molecular formula is C29H36B2N10O2. The van der Waals surface area contributed by atoms with E-state index in [0.29, 0.717) is 36.2 Å². The quantitative estimate of drug-likeness (QED) is 0.351. The van der Waals surface area contributed by atoms with E-state index in [2.05, 4.69) is 42.6 Å². The molecule has 4 atom stereocenters. The van der Waals surface area contributed by atoms with E-state index < -0.39 is 0 Å². The van der Waals surface area contributed by atoms with E-state index in [1.54, 1.807) is 13.2 Å². The lowest BCUT2D eigenvalue weighted by atomic mass is 9.90. The number of benzene rings is 1. The van der Waals surface area contributed by atoms with Crippen molar-refractivity contribution in [2.24, 2.45) is 5.73 Å². The number of anilines is 3. The molecule has 0 spiro atoms. The zero-order chi connectivity index (χ0) is 30.2. The Bertz CT molecular complexity index is 1530. The fraction of sp³-hybridized carbons (Fsp3) is 0.552. The molecule has 0 amide bonds. The van der Waals surface area contributed by atoms with E-state index in [1.165, 1.54) is 0 Å². The highest BCUT2D eigenvalue weighted by atomic mass is 16.5. The number of piperazine rings is 1. The van der Waals surface area contributed by atoms with E-state index in [1.807, 2.05) is 19.1 Å². The average Bonchev–Trinajstić information content (AvgIpc) is 3.37. The first-order chi connectivity index (χ1) is 20.7. The number of nitriles is 1. The third-order valence-electron chi connectivity index (χ3n) is 8.53. The van der Waals surface area contributed by atoms with Crippen LogP contribution >= 0.6 is 0 Å². The Morgan fingerprint density at radius 3 is 2.42 bits per heavy atom. The highest BCUT2D eigenvalue weighted by Gasteiger charge is 2.33. The standard InChI is InChI=1S/C29H36B2N10O2/c1-17-10-24(41-15-21(33)23(16-41)42-3)35-29(34-17)39-8-6-38(7-9-39)13-20-14-40(12-18(2)43-20)22-5-4-19(11-32)25-26(22)37-28(31)27(30)36-25/h4-5,10,18,20-21,23H,6-9,12-16,33H2,1-3H3/t18-,20+,21+,23+/m1/s1. The van der Waals surface area contributed by atoms with Crippen LogP contribution in [0.15, 0.2) is 18.2 Å². The van der Waals surface area contributed by atoms with Crippen molar-refractivity contribution in [3.8, 4) is 6.07 Å². The molecule has 3 aromatic rings. The highest BCUT2D eigenvalue weighted by molar-refractivity contribution is 6.46. The SMILES string of the molecule is [B]c1nc2c(C#N)ccc(N3C[C@H](CN4CCN(c5nc(C)cc(N6C[C@H](OC)[C@@H](N)C6)n5)CC4)O[C@H](C)C3)c2nc1[B]. The summed E-state index contributed by atoms with van der Waals surface area (Å²) in [7, 11) is 13.6. The predicted octanol–water partition coefficient (Wildman–Crippen LogP) is -1.23. The molecule has 12 nitrogen and oxygen atoms in total. The molecule has 14 heteroatoms. The molecule has 0 bridgehead atoms. The topological polar surface area (TPSA) is 133 Å². The summed E-state index contributed by atoms with van der Waals surface area (Å²) in [5, 5.41) is 9.61. The van der Waals surface area contributed by atoms with Crippen LogP contribution in [0.3, 0.4) is 0 Å². The van der Waals surface area contributed by atoms with Gasteiger partial charge in [0, 0.05) is 77.8 Å². The summed E-state index contributed by atoms with van der Waals surface area (Å²) in [5.41, 5.74) is 9.82. The maximum atomic E-state index is 9.61. The number of nitrogens with two attached hydrogens (primary N) is 1.